The smallest absolute Gasteiger partial charge is 0.253 e. The van der Waals surface area contributed by atoms with Gasteiger partial charge < -0.3 is 4.90 Å². The van der Waals surface area contributed by atoms with E-state index in [2.05, 4.69) is 64.4 Å². The van der Waals surface area contributed by atoms with Gasteiger partial charge in [-0.1, -0.05) is 72.8 Å². The van der Waals surface area contributed by atoms with Gasteiger partial charge in [0.25, 0.3) is 5.91 Å². The highest BCUT2D eigenvalue weighted by Crippen LogP contribution is 2.40. The van der Waals surface area contributed by atoms with Gasteiger partial charge in [-0.2, -0.15) is 0 Å². The Balaban J connectivity index is 1.22. The lowest BCUT2D eigenvalue weighted by molar-refractivity contribution is 0.0765. The van der Waals surface area contributed by atoms with Crippen molar-refractivity contribution >= 4 is 5.91 Å². The minimum atomic E-state index is 0.0330. The number of nitrogens with zero attached hydrogens (tertiary/aromatic N) is 2. The third kappa shape index (κ3) is 4.54. The van der Waals surface area contributed by atoms with Crippen LogP contribution in [-0.4, -0.2) is 47.9 Å². The number of piperidine rings is 1. The van der Waals surface area contributed by atoms with E-state index in [4.69, 9.17) is 0 Å². The van der Waals surface area contributed by atoms with Gasteiger partial charge in [0.05, 0.1) is 0 Å². The molecule has 0 N–H and O–H groups in total. The van der Waals surface area contributed by atoms with Gasteiger partial charge in [-0.05, 0) is 79.8 Å². The summed E-state index contributed by atoms with van der Waals surface area (Å²) in [5.41, 5.74) is 5.37. The van der Waals surface area contributed by atoms with Crippen LogP contribution in [-0.2, 0) is 18.3 Å². The first-order chi connectivity index (χ1) is 17.2. The van der Waals surface area contributed by atoms with E-state index in [1.807, 2.05) is 30.3 Å². The number of hydrogen-bond acceptors (Lipinski definition) is 2. The number of hydrogen-bond donors (Lipinski definition) is 0. The molecule has 180 valence electrons. The number of benzene rings is 3. The van der Waals surface area contributed by atoms with E-state index >= 15 is 0 Å². The molecule has 2 bridgehead atoms. The summed E-state index contributed by atoms with van der Waals surface area (Å²) in [7, 11) is 0. The molecule has 3 heterocycles. The Bertz CT molecular complexity index is 1160. The average Bonchev–Trinajstić information content (AvgIpc) is 3.34. The van der Waals surface area contributed by atoms with Gasteiger partial charge in [-0.15, -0.1) is 0 Å². The summed E-state index contributed by atoms with van der Waals surface area (Å²) in [6, 6.07) is 30.5. The lowest BCUT2D eigenvalue weighted by atomic mass is 9.75. The number of fused-ring (bicyclic) bond motifs is 2. The number of carbonyl (C=O) groups is 1. The van der Waals surface area contributed by atoms with E-state index in [-0.39, 0.29) is 11.3 Å². The molecule has 1 amide bonds. The quantitative estimate of drug-likeness (QED) is 0.481. The van der Waals surface area contributed by atoms with Gasteiger partial charge >= 0.3 is 0 Å². The van der Waals surface area contributed by atoms with Crippen LogP contribution >= 0.6 is 0 Å². The van der Waals surface area contributed by atoms with Crippen LogP contribution in [0.3, 0.4) is 0 Å². The molecule has 3 atom stereocenters. The largest absolute Gasteiger partial charge is 0.338 e. The fourth-order valence-electron chi connectivity index (χ4n) is 6.92. The molecule has 3 aliphatic heterocycles. The van der Waals surface area contributed by atoms with Crippen molar-refractivity contribution in [3.05, 3.63) is 107 Å². The molecular formula is C32H36N2O. The van der Waals surface area contributed by atoms with Crippen molar-refractivity contribution in [2.45, 2.75) is 50.0 Å². The monoisotopic (exact) mass is 464 g/mol. The van der Waals surface area contributed by atoms with Gasteiger partial charge in [0.1, 0.15) is 0 Å². The van der Waals surface area contributed by atoms with Crippen molar-refractivity contribution in [1.82, 2.24) is 9.80 Å². The van der Waals surface area contributed by atoms with Crippen LogP contribution in [0.5, 0.6) is 0 Å². The molecule has 0 aromatic heterocycles. The third-order valence-electron chi connectivity index (χ3n) is 8.93. The van der Waals surface area contributed by atoms with E-state index in [0.717, 1.165) is 44.0 Å². The second-order valence-electron chi connectivity index (χ2n) is 11.0. The lowest BCUT2D eigenvalue weighted by Gasteiger charge is -2.44. The van der Waals surface area contributed by atoms with Crippen molar-refractivity contribution in [1.29, 1.82) is 0 Å². The maximum atomic E-state index is 13.3. The van der Waals surface area contributed by atoms with Gasteiger partial charge in [0.15, 0.2) is 0 Å². The first-order valence-electron chi connectivity index (χ1n) is 13.4. The first-order valence-corrected chi connectivity index (χ1v) is 13.4. The van der Waals surface area contributed by atoms with Crippen molar-refractivity contribution in [3.63, 3.8) is 0 Å². The molecule has 3 aromatic carbocycles. The highest BCUT2D eigenvalue weighted by molar-refractivity contribution is 5.94. The van der Waals surface area contributed by atoms with E-state index in [0.29, 0.717) is 6.04 Å². The molecular weight excluding hydrogens is 428 g/mol. The Kier molecular flexibility index (Phi) is 6.20. The first kappa shape index (κ1) is 22.5. The molecule has 0 saturated carbocycles. The molecule has 4 aliphatic rings. The zero-order valence-corrected chi connectivity index (χ0v) is 20.6. The van der Waals surface area contributed by atoms with Crippen molar-refractivity contribution in [2.75, 3.05) is 26.2 Å². The molecule has 3 nitrogen and oxygen atoms in total. The van der Waals surface area contributed by atoms with Gasteiger partial charge in [0.2, 0.25) is 0 Å². The highest BCUT2D eigenvalue weighted by Gasteiger charge is 2.42. The van der Waals surface area contributed by atoms with E-state index in [9.17, 15) is 4.79 Å². The molecule has 0 spiro atoms. The Morgan fingerprint density at radius 1 is 0.829 bits per heavy atom. The molecule has 2 fully saturated rings. The number of amides is 1. The number of likely N-dealkylation sites (tertiary alicyclic amines) is 1. The van der Waals surface area contributed by atoms with Crippen LogP contribution < -0.4 is 0 Å². The average molecular weight is 465 g/mol. The van der Waals surface area contributed by atoms with Crippen molar-refractivity contribution in [2.24, 2.45) is 5.92 Å². The number of rotatable bonds is 5. The van der Waals surface area contributed by atoms with Crippen LogP contribution in [0.1, 0.15) is 52.7 Å². The SMILES string of the molecule is O=C(c1ccccc1)N1CCC(CCN2C[C@H]3CC[C@@H]2Cc2ccccc2C3)(c2ccccc2)C1. The highest BCUT2D eigenvalue weighted by atomic mass is 16.2. The molecule has 1 unspecified atom stereocenters. The summed E-state index contributed by atoms with van der Waals surface area (Å²) in [6.07, 6.45) is 7.23. The topological polar surface area (TPSA) is 23.6 Å². The minimum absolute atomic E-state index is 0.0330. The molecule has 2 saturated heterocycles. The van der Waals surface area contributed by atoms with Crippen LogP contribution in [0.2, 0.25) is 0 Å². The maximum absolute atomic E-state index is 13.3. The molecule has 35 heavy (non-hydrogen) atoms. The van der Waals surface area contributed by atoms with Crippen molar-refractivity contribution < 1.29 is 4.79 Å². The summed E-state index contributed by atoms with van der Waals surface area (Å²) in [4.78, 5) is 18.2. The normalized spacial score (nSPS) is 26.2. The Labute approximate surface area is 209 Å². The lowest BCUT2D eigenvalue weighted by Crippen LogP contribution is -2.48. The van der Waals surface area contributed by atoms with E-state index < -0.39 is 0 Å². The van der Waals surface area contributed by atoms with E-state index in [1.54, 1.807) is 11.1 Å². The van der Waals surface area contributed by atoms with Gasteiger partial charge in [-0.25, -0.2) is 0 Å². The number of carbonyl (C=O) groups excluding carboxylic acids is 1. The second kappa shape index (κ2) is 9.62. The third-order valence-corrected chi connectivity index (χ3v) is 8.93. The molecule has 0 radical (unpaired) electrons. The summed E-state index contributed by atoms with van der Waals surface area (Å²) >= 11 is 0. The van der Waals surface area contributed by atoms with Gasteiger partial charge in [0, 0.05) is 36.7 Å². The molecule has 3 heteroatoms. The molecule has 1 aliphatic carbocycles. The molecule has 3 aromatic rings. The van der Waals surface area contributed by atoms with Crippen LogP contribution in [0, 0.1) is 5.92 Å². The van der Waals surface area contributed by atoms with Crippen molar-refractivity contribution in [3.8, 4) is 0 Å². The Hall–Kier alpha value is -2.91. The van der Waals surface area contributed by atoms with Crippen LogP contribution in [0.4, 0.5) is 0 Å². The fourth-order valence-corrected chi connectivity index (χ4v) is 6.92. The maximum Gasteiger partial charge on any atom is 0.253 e. The fraction of sp³-hybridized carbons (Fsp3) is 0.406. The summed E-state index contributed by atoms with van der Waals surface area (Å²) in [5, 5.41) is 0. The standard InChI is InChI=1S/C32H36N2O/c35-31(26-9-3-1-4-10-26)34-20-18-32(24-34,29-13-5-2-6-14-29)17-19-33-23-25-15-16-30(33)22-28-12-8-7-11-27(28)21-25/h1-14,25,30H,15-24H2/t25-,30+,32?/m0/s1. The Morgan fingerprint density at radius 2 is 1.51 bits per heavy atom. The van der Waals surface area contributed by atoms with E-state index in [1.165, 1.54) is 37.8 Å². The second-order valence-corrected chi connectivity index (χ2v) is 11.0. The predicted molar refractivity (Wildman–Crippen MR) is 142 cm³/mol. The summed E-state index contributed by atoms with van der Waals surface area (Å²) in [5.74, 6) is 0.936. The zero-order chi connectivity index (χ0) is 23.7. The summed E-state index contributed by atoms with van der Waals surface area (Å²) in [6.45, 7) is 3.99. The Morgan fingerprint density at radius 3 is 2.29 bits per heavy atom. The molecule has 7 rings (SSSR count). The minimum Gasteiger partial charge on any atom is -0.338 e. The summed E-state index contributed by atoms with van der Waals surface area (Å²) < 4.78 is 0. The predicted octanol–water partition coefficient (Wildman–Crippen LogP) is 5.74. The zero-order valence-electron chi connectivity index (χ0n) is 20.6. The van der Waals surface area contributed by atoms with Gasteiger partial charge in [-0.3, -0.25) is 9.69 Å². The van der Waals surface area contributed by atoms with Crippen LogP contribution in [0.15, 0.2) is 84.9 Å². The van der Waals surface area contributed by atoms with Crippen LogP contribution in [0.25, 0.3) is 0 Å².